The SMILES string of the molecule is Cc1cc2nc(N(C)Cc3ccccc3C(F)(F)F)cc(-c3cn[nH]c3)n2n1. The average molecular weight is 386 g/mol. The second-order valence-corrected chi connectivity index (χ2v) is 6.55. The molecule has 0 saturated carbocycles. The minimum absolute atomic E-state index is 0.0663. The summed E-state index contributed by atoms with van der Waals surface area (Å²) in [6.07, 6.45) is -1.01. The van der Waals surface area contributed by atoms with Gasteiger partial charge in [-0.25, -0.2) is 9.50 Å². The van der Waals surface area contributed by atoms with Crippen molar-refractivity contribution in [3.8, 4) is 11.3 Å². The fraction of sp³-hybridized carbons (Fsp3) is 0.211. The first-order valence-electron chi connectivity index (χ1n) is 8.56. The van der Waals surface area contributed by atoms with E-state index in [1.165, 1.54) is 12.1 Å². The number of benzene rings is 1. The van der Waals surface area contributed by atoms with E-state index in [0.717, 1.165) is 23.0 Å². The number of fused-ring (bicyclic) bond motifs is 1. The molecule has 0 unspecified atom stereocenters. The van der Waals surface area contributed by atoms with Gasteiger partial charge in [-0.1, -0.05) is 18.2 Å². The molecule has 28 heavy (non-hydrogen) atoms. The normalized spacial score (nSPS) is 11.9. The molecule has 1 N–H and O–H groups in total. The lowest BCUT2D eigenvalue weighted by molar-refractivity contribution is -0.138. The van der Waals surface area contributed by atoms with Crippen LogP contribution in [0.25, 0.3) is 16.9 Å². The van der Waals surface area contributed by atoms with Gasteiger partial charge in [0, 0.05) is 37.5 Å². The molecule has 3 aromatic heterocycles. The van der Waals surface area contributed by atoms with Crippen molar-refractivity contribution in [2.75, 3.05) is 11.9 Å². The zero-order chi connectivity index (χ0) is 19.9. The maximum Gasteiger partial charge on any atom is 0.416 e. The summed E-state index contributed by atoms with van der Waals surface area (Å²) in [6, 6.07) is 9.19. The van der Waals surface area contributed by atoms with Crippen molar-refractivity contribution >= 4 is 11.5 Å². The second-order valence-electron chi connectivity index (χ2n) is 6.55. The molecule has 0 radical (unpaired) electrons. The lowest BCUT2D eigenvalue weighted by Gasteiger charge is -2.21. The highest BCUT2D eigenvalue weighted by Crippen LogP contribution is 2.33. The van der Waals surface area contributed by atoms with Crippen LogP contribution in [0.4, 0.5) is 19.0 Å². The summed E-state index contributed by atoms with van der Waals surface area (Å²) >= 11 is 0. The zero-order valence-corrected chi connectivity index (χ0v) is 15.2. The molecule has 0 fully saturated rings. The molecule has 6 nitrogen and oxygen atoms in total. The molecule has 144 valence electrons. The summed E-state index contributed by atoms with van der Waals surface area (Å²) in [4.78, 5) is 6.26. The van der Waals surface area contributed by atoms with Gasteiger partial charge in [-0.15, -0.1) is 0 Å². The Kier molecular flexibility index (Phi) is 4.29. The molecular formula is C19H17F3N6. The molecule has 0 aliphatic rings. The summed E-state index contributed by atoms with van der Waals surface area (Å²) in [6.45, 7) is 1.92. The van der Waals surface area contributed by atoms with E-state index < -0.39 is 11.7 Å². The lowest BCUT2D eigenvalue weighted by Crippen LogP contribution is -2.21. The van der Waals surface area contributed by atoms with E-state index in [0.29, 0.717) is 11.5 Å². The molecule has 4 rings (SSSR count). The van der Waals surface area contributed by atoms with E-state index >= 15 is 0 Å². The third-order valence-corrected chi connectivity index (χ3v) is 4.45. The van der Waals surface area contributed by atoms with Crippen molar-refractivity contribution in [2.24, 2.45) is 0 Å². The van der Waals surface area contributed by atoms with Crippen LogP contribution in [0.15, 0.2) is 48.8 Å². The molecule has 0 bridgehead atoms. The molecule has 1 aromatic carbocycles. The number of nitrogens with one attached hydrogen (secondary N) is 1. The monoisotopic (exact) mass is 386 g/mol. The third kappa shape index (κ3) is 3.30. The van der Waals surface area contributed by atoms with Crippen LogP contribution >= 0.6 is 0 Å². The van der Waals surface area contributed by atoms with E-state index in [-0.39, 0.29) is 12.1 Å². The van der Waals surface area contributed by atoms with Gasteiger partial charge in [0.2, 0.25) is 0 Å². The number of aromatic amines is 1. The first-order chi connectivity index (χ1) is 13.3. The van der Waals surface area contributed by atoms with Crippen LogP contribution in [0.5, 0.6) is 0 Å². The van der Waals surface area contributed by atoms with Crippen LogP contribution in [-0.2, 0) is 12.7 Å². The lowest BCUT2D eigenvalue weighted by atomic mass is 10.1. The molecular weight excluding hydrogens is 369 g/mol. The Balaban J connectivity index is 1.76. The van der Waals surface area contributed by atoms with Gasteiger partial charge in [-0.2, -0.15) is 23.4 Å². The Labute approximate surface area is 158 Å². The highest BCUT2D eigenvalue weighted by atomic mass is 19.4. The maximum atomic E-state index is 13.3. The molecule has 9 heteroatoms. The minimum Gasteiger partial charge on any atom is -0.355 e. The smallest absolute Gasteiger partial charge is 0.355 e. The van der Waals surface area contributed by atoms with E-state index in [1.807, 2.05) is 13.0 Å². The van der Waals surface area contributed by atoms with Crippen LogP contribution in [0, 0.1) is 6.92 Å². The topological polar surface area (TPSA) is 62.1 Å². The summed E-state index contributed by atoms with van der Waals surface area (Å²) in [5, 5.41) is 11.2. The van der Waals surface area contributed by atoms with Gasteiger partial charge in [0.15, 0.2) is 5.65 Å². The molecule has 0 aliphatic heterocycles. The molecule has 4 aromatic rings. The second kappa shape index (κ2) is 6.66. The Morgan fingerprint density at radius 3 is 2.68 bits per heavy atom. The van der Waals surface area contributed by atoms with Gasteiger partial charge in [0.25, 0.3) is 0 Å². The quantitative estimate of drug-likeness (QED) is 0.574. The van der Waals surface area contributed by atoms with Crippen LogP contribution < -0.4 is 4.90 Å². The summed E-state index contributed by atoms with van der Waals surface area (Å²) in [7, 11) is 1.72. The minimum atomic E-state index is -4.40. The third-order valence-electron chi connectivity index (χ3n) is 4.45. The zero-order valence-electron chi connectivity index (χ0n) is 15.2. The van der Waals surface area contributed by atoms with Crippen LogP contribution in [0.3, 0.4) is 0 Å². The predicted molar refractivity (Wildman–Crippen MR) is 98.9 cm³/mol. The number of halogens is 3. The van der Waals surface area contributed by atoms with Crippen molar-refractivity contribution < 1.29 is 13.2 Å². The summed E-state index contributed by atoms with van der Waals surface area (Å²) in [5.74, 6) is 0.542. The number of hydrogen-bond donors (Lipinski definition) is 1. The summed E-state index contributed by atoms with van der Waals surface area (Å²) in [5.41, 5.74) is 2.51. The Morgan fingerprint density at radius 2 is 1.96 bits per heavy atom. The molecule has 0 spiro atoms. The number of hydrogen-bond acceptors (Lipinski definition) is 4. The number of alkyl halides is 3. The number of anilines is 1. The number of H-pyrrole nitrogens is 1. The van der Waals surface area contributed by atoms with E-state index in [2.05, 4.69) is 20.3 Å². The summed E-state index contributed by atoms with van der Waals surface area (Å²) < 4.78 is 41.6. The highest BCUT2D eigenvalue weighted by Gasteiger charge is 2.33. The van der Waals surface area contributed by atoms with Crippen LogP contribution in [0.1, 0.15) is 16.8 Å². The van der Waals surface area contributed by atoms with E-state index in [4.69, 9.17) is 0 Å². The number of aromatic nitrogens is 5. The van der Waals surface area contributed by atoms with Gasteiger partial charge in [0.1, 0.15) is 5.82 Å². The predicted octanol–water partition coefficient (Wildman–Crippen LogP) is 4.08. The Bertz CT molecular complexity index is 1110. The highest BCUT2D eigenvalue weighted by molar-refractivity contribution is 5.66. The average Bonchev–Trinajstić information content (AvgIpc) is 3.28. The van der Waals surface area contributed by atoms with E-state index in [9.17, 15) is 13.2 Å². The van der Waals surface area contributed by atoms with Crippen molar-refractivity contribution in [1.82, 2.24) is 24.8 Å². The van der Waals surface area contributed by atoms with Crippen molar-refractivity contribution in [2.45, 2.75) is 19.6 Å². The maximum absolute atomic E-state index is 13.3. The van der Waals surface area contributed by atoms with Gasteiger partial charge in [0.05, 0.1) is 23.1 Å². The largest absolute Gasteiger partial charge is 0.416 e. The number of nitrogens with zero attached hydrogens (tertiary/aromatic N) is 5. The Hall–Kier alpha value is -3.36. The van der Waals surface area contributed by atoms with Gasteiger partial charge >= 0.3 is 6.18 Å². The molecule has 3 heterocycles. The Morgan fingerprint density at radius 1 is 1.18 bits per heavy atom. The number of aryl methyl sites for hydroxylation is 1. The van der Waals surface area contributed by atoms with Crippen molar-refractivity contribution in [3.63, 3.8) is 0 Å². The first-order valence-corrected chi connectivity index (χ1v) is 8.56. The number of rotatable bonds is 4. The molecule has 0 saturated heterocycles. The first kappa shape index (κ1) is 18.0. The van der Waals surface area contributed by atoms with Crippen LogP contribution in [0.2, 0.25) is 0 Å². The van der Waals surface area contributed by atoms with Crippen LogP contribution in [-0.4, -0.2) is 31.8 Å². The fourth-order valence-corrected chi connectivity index (χ4v) is 3.14. The molecule has 0 aliphatic carbocycles. The van der Waals surface area contributed by atoms with E-state index in [1.54, 1.807) is 41.0 Å². The molecule has 0 atom stereocenters. The standard InChI is InChI=1S/C19H17F3N6/c1-12-7-18-25-17(8-16(28(18)26-12)14-9-23-24-10-14)27(2)11-13-5-3-4-6-15(13)19(20,21)22/h3-10H,11H2,1-2H3,(H,23,24). The molecule has 0 amide bonds. The van der Waals surface area contributed by atoms with Crippen molar-refractivity contribution in [1.29, 1.82) is 0 Å². The van der Waals surface area contributed by atoms with Gasteiger partial charge in [-0.05, 0) is 18.6 Å². The fourth-order valence-electron chi connectivity index (χ4n) is 3.14. The van der Waals surface area contributed by atoms with Gasteiger partial charge in [-0.3, -0.25) is 5.10 Å². The van der Waals surface area contributed by atoms with Crippen molar-refractivity contribution in [3.05, 3.63) is 65.6 Å². The van der Waals surface area contributed by atoms with Gasteiger partial charge < -0.3 is 4.90 Å².